The average molecular weight is 473 g/mol. The lowest BCUT2D eigenvalue weighted by Crippen LogP contribution is -2.21. The van der Waals surface area contributed by atoms with Gasteiger partial charge in [-0.25, -0.2) is 0 Å². The fourth-order valence-electron chi connectivity index (χ4n) is 3.95. The van der Waals surface area contributed by atoms with Gasteiger partial charge in [0.1, 0.15) is 23.1 Å². The Morgan fingerprint density at radius 3 is 2.38 bits per heavy atom. The number of allylic oxidation sites excluding steroid dienone is 1. The molecular formula is C28H25ClN2O3. The van der Waals surface area contributed by atoms with Gasteiger partial charge in [-0.15, -0.1) is 0 Å². The van der Waals surface area contributed by atoms with Crippen LogP contribution in [0, 0.1) is 11.3 Å². The molecule has 4 rings (SSSR count). The van der Waals surface area contributed by atoms with Gasteiger partial charge >= 0.3 is 5.97 Å². The number of fused-ring (bicyclic) bond motifs is 1. The van der Waals surface area contributed by atoms with Crippen molar-refractivity contribution in [1.82, 2.24) is 0 Å². The highest BCUT2D eigenvalue weighted by molar-refractivity contribution is 6.30. The summed E-state index contributed by atoms with van der Waals surface area (Å²) in [5.74, 6) is 0.0608. The van der Waals surface area contributed by atoms with Crippen molar-refractivity contribution in [3.8, 4) is 17.6 Å². The first-order chi connectivity index (χ1) is 16.2. The van der Waals surface area contributed by atoms with E-state index in [1.165, 1.54) is 5.56 Å². The Kier molecular flexibility index (Phi) is 6.37. The number of benzene rings is 3. The van der Waals surface area contributed by atoms with E-state index < -0.39 is 5.97 Å². The molecule has 1 heterocycles. The van der Waals surface area contributed by atoms with Gasteiger partial charge < -0.3 is 15.2 Å². The van der Waals surface area contributed by atoms with E-state index in [0.29, 0.717) is 22.1 Å². The Hall–Kier alpha value is -3.75. The molecule has 0 fully saturated rings. The predicted octanol–water partition coefficient (Wildman–Crippen LogP) is 6.00. The first-order valence-corrected chi connectivity index (χ1v) is 11.3. The summed E-state index contributed by atoms with van der Waals surface area (Å²) in [4.78, 5) is 12.4. The van der Waals surface area contributed by atoms with E-state index in [4.69, 9.17) is 26.8 Å². The summed E-state index contributed by atoms with van der Waals surface area (Å²) in [6, 6.07) is 22.6. The Morgan fingerprint density at radius 1 is 1.09 bits per heavy atom. The monoisotopic (exact) mass is 472 g/mol. The molecule has 0 aliphatic carbocycles. The number of hydrogen-bond donors (Lipinski definition) is 1. The van der Waals surface area contributed by atoms with E-state index >= 15 is 0 Å². The Labute approximate surface area is 204 Å². The van der Waals surface area contributed by atoms with Crippen LogP contribution in [0.1, 0.15) is 48.9 Å². The number of carbonyl (C=O) groups is 1. The van der Waals surface area contributed by atoms with Gasteiger partial charge in [-0.3, -0.25) is 4.79 Å². The van der Waals surface area contributed by atoms with Crippen LogP contribution in [0.15, 0.2) is 78.2 Å². The fraction of sp³-hybridized carbons (Fsp3) is 0.214. The number of hydrogen-bond acceptors (Lipinski definition) is 5. The Morgan fingerprint density at radius 2 is 1.76 bits per heavy atom. The van der Waals surface area contributed by atoms with Crippen LogP contribution in [0.3, 0.4) is 0 Å². The highest BCUT2D eigenvalue weighted by Gasteiger charge is 2.31. The molecule has 172 valence electrons. The van der Waals surface area contributed by atoms with Gasteiger partial charge in [0.05, 0.1) is 12.3 Å². The molecule has 2 N–H and O–H groups in total. The zero-order chi connectivity index (χ0) is 24.5. The summed E-state index contributed by atoms with van der Waals surface area (Å²) in [7, 11) is 0. The van der Waals surface area contributed by atoms with E-state index in [1.807, 2.05) is 18.2 Å². The molecule has 0 saturated heterocycles. The third-order valence-corrected chi connectivity index (χ3v) is 6.05. The number of nitrogens with two attached hydrogens (primary N) is 1. The third-order valence-electron chi connectivity index (χ3n) is 5.79. The molecule has 0 radical (unpaired) electrons. The van der Waals surface area contributed by atoms with Gasteiger partial charge in [0.25, 0.3) is 0 Å². The molecule has 0 aromatic heterocycles. The van der Waals surface area contributed by atoms with Gasteiger partial charge in [-0.05, 0) is 40.3 Å². The van der Waals surface area contributed by atoms with Crippen molar-refractivity contribution < 1.29 is 14.3 Å². The number of halogens is 1. The maximum atomic E-state index is 12.4. The van der Waals surface area contributed by atoms with Crippen molar-refractivity contribution in [1.29, 1.82) is 5.26 Å². The second-order valence-electron chi connectivity index (χ2n) is 9.27. The van der Waals surface area contributed by atoms with E-state index in [-0.39, 0.29) is 23.6 Å². The molecular weight excluding hydrogens is 448 g/mol. The van der Waals surface area contributed by atoms with Crippen LogP contribution in [0.2, 0.25) is 5.02 Å². The van der Waals surface area contributed by atoms with Crippen molar-refractivity contribution in [2.75, 3.05) is 0 Å². The number of esters is 1. The molecule has 5 nitrogen and oxygen atoms in total. The summed E-state index contributed by atoms with van der Waals surface area (Å²) in [6.07, 6.45) is 0.110. The summed E-state index contributed by atoms with van der Waals surface area (Å²) in [5.41, 5.74) is 10.2. The number of rotatable bonds is 4. The van der Waals surface area contributed by atoms with Crippen LogP contribution in [0.25, 0.3) is 0 Å². The lowest BCUT2D eigenvalue weighted by molar-refractivity contribution is -0.133. The molecule has 0 saturated carbocycles. The quantitative estimate of drug-likeness (QED) is 0.371. The second kappa shape index (κ2) is 9.24. The molecule has 3 aromatic rings. The molecule has 1 atom stereocenters. The number of ether oxygens (including phenoxy) is 2. The first kappa shape index (κ1) is 23.4. The Bertz CT molecular complexity index is 1300. The van der Waals surface area contributed by atoms with E-state index in [9.17, 15) is 10.1 Å². The maximum absolute atomic E-state index is 12.4. The van der Waals surface area contributed by atoms with Crippen molar-refractivity contribution in [3.05, 3.63) is 105 Å². The van der Waals surface area contributed by atoms with Gasteiger partial charge in [0.2, 0.25) is 5.88 Å². The molecule has 1 unspecified atom stereocenters. The van der Waals surface area contributed by atoms with Crippen LogP contribution in [-0.4, -0.2) is 5.97 Å². The highest BCUT2D eigenvalue weighted by atomic mass is 35.5. The fourth-order valence-corrected chi connectivity index (χ4v) is 4.08. The number of carbonyl (C=O) groups excluding carboxylic acids is 1. The Balaban J connectivity index is 1.61. The van der Waals surface area contributed by atoms with E-state index in [1.54, 1.807) is 36.4 Å². The SMILES string of the molecule is CC(C)(C)c1ccc(C2C(C#N)=C(N)Oc3cc(OC(=O)Cc4ccc(Cl)cc4)ccc32)cc1. The minimum Gasteiger partial charge on any atom is -0.440 e. The van der Waals surface area contributed by atoms with Crippen LogP contribution < -0.4 is 15.2 Å². The predicted molar refractivity (Wildman–Crippen MR) is 132 cm³/mol. The zero-order valence-electron chi connectivity index (χ0n) is 19.3. The lowest BCUT2D eigenvalue weighted by atomic mass is 9.81. The number of nitrogens with zero attached hydrogens (tertiary/aromatic N) is 1. The van der Waals surface area contributed by atoms with Crippen molar-refractivity contribution >= 4 is 17.6 Å². The summed E-state index contributed by atoms with van der Waals surface area (Å²) >= 11 is 5.90. The maximum Gasteiger partial charge on any atom is 0.315 e. The average Bonchev–Trinajstić information content (AvgIpc) is 2.79. The summed E-state index contributed by atoms with van der Waals surface area (Å²) < 4.78 is 11.3. The van der Waals surface area contributed by atoms with Crippen molar-refractivity contribution in [2.45, 2.75) is 38.5 Å². The second-order valence-corrected chi connectivity index (χ2v) is 9.71. The molecule has 6 heteroatoms. The van der Waals surface area contributed by atoms with Crippen LogP contribution >= 0.6 is 11.6 Å². The summed E-state index contributed by atoms with van der Waals surface area (Å²) in [5, 5.41) is 10.4. The van der Waals surface area contributed by atoms with Crippen molar-refractivity contribution in [2.24, 2.45) is 5.73 Å². The van der Waals surface area contributed by atoms with E-state index in [0.717, 1.165) is 16.7 Å². The largest absolute Gasteiger partial charge is 0.440 e. The lowest BCUT2D eigenvalue weighted by Gasteiger charge is -2.27. The summed E-state index contributed by atoms with van der Waals surface area (Å²) in [6.45, 7) is 6.46. The highest BCUT2D eigenvalue weighted by Crippen LogP contribution is 2.43. The van der Waals surface area contributed by atoms with Crippen LogP contribution in [0.5, 0.6) is 11.5 Å². The van der Waals surface area contributed by atoms with Crippen LogP contribution in [-0.2, 0) is 16.6 Å². The molecule has 0 spiro atoms. The van der Waals surface area contributed by atoms with Crippen LogP contribution in [0.4, 0.5) is 0 Å². The van der Waals surface area contributed by atoms with Gasteiger partial charge in [0.15, 0.2) is 0 Å². The smallest absolute Gasteiger partial charge is 0.315 e. The van der Waals surface area contributed by atoms with E-state index in [2.05, 4.69) is 39.0 Å². The molecule has 1 aliphatic heterocycles. The zero-order valence-corrected chi connectivity index (χ0v) is 20.0. The molecule has 34 heavy (non-hydrogen) atoms. The third kappa shape index (κ3) is 4.93. The first-order valence-electron chi connectivity index (χ1n) is 10.9. The van der Waals surface area contributed by atoms with Gasteiger partial charge in [0, 0.05) is 16.7 Å². The topological polar surface area (TPSA) is 85.3 Å². The van der Waals surface area contributed by atoms with Crippen molar-refractivity contribution in [3.63, 3.8) is 0 Å². The molecule has 1 aliphatic rings. The standard InChI is InChI=1S/C28H25ClN2O3/c1-28(2,3)19-8-6-18(7-9-19)26-22-13-12-21(15-24(22)34-27(31)23(26)16-30)33-25(32)14-17-4-10-20(29)11-5-17/h4-13,15,26H,14,31H2,1-3H3. The number of nitriles is 1. The molecule has 0 bridgehead atoms. The molecule has 3 aromatic carbocycles. The molecule has 0 amide bonds. The van der Waals surface area contributed by atoms with Gasteiger partial charge in [-0.1, -0.05) is 74.8 Å². The van der Waals surface area contributed by atoms with Gasteiger partial charge in [-0.2, -0.15) is 5.26 Å². The normalized spacial score (nSPS) is 15.2. The minimum atomic E-state index is -0.409. The minimum absolute atomic E-state index is 0.0177.